The van der Waals surface area contributed by atoms with Crippen molar-refractivity contribution in [1.29, 1.82) is 0 Å². The van der Waals surface area contributed by atoms with Gasteiger partial charge in [-0.25, -0.2) is 0 Å². The topological polar surface area (TPSA) is 121 Å². The number of ether oxygens (including phenoxy) is 1. The van der Waals surface area contributed by atoms with E-state index < -0.39 is 39.3 Å². The molecule has 23 heavy (non-hydrogen) atoms. The fraction of sp³-hybridized carbons (Fsp3) is 0.857. The van der Waals surface area contributed by atoms with Crippen LogP contribution in [0.1, 0.15) is 58.8 Å². The zero-order valence-electron chi connectivity index (χ0n) is 13.9. The number of rotatable bonds is 7. The Kier molecular flexibility index (Phi) is 9.30. The first-order chi connectivity index (χ1) is 10.2. The first-order valence-corrected chi connectivity index (χ1v) is 9.05. The van der Waals surface area contributed by atoms with Crippen molar-refractivity contribution in [2.45, 2.75) is 69.6 Å². The van der Waals surface area contributed by atoms with E-state index in [9.17, 15) is 23.1 Å². The van der Waals surface area contributed by atoms with Crippen LogP contribution in [0.15, 0.2) is 0 Å². The van der Waals surface area contributed by atoms with Gasteiger partial charge < -0.3 is 14.6 Å². The molecule has 0 aromatic rings. The Labute approximate surface area is 159 Å². The molecule has 0 aromatic heterocycles. The summed E-state index contributed by atoms with van der Waals surface area (Å²) in [5.74, 6) is -2.85. The van der Waals surface area contributed by atoms with Gasteiger partial charge in [-0.3, -0.25) is 9.35 Å². The number of esters is 1. The van der Waals surface area contributed by atoms with Gasteiger partial charge in [0.05, 0.1) is 0 Å². The van der Waals surface area contributed by atoms with Crippen molar-refractivity contribution >= 4 is 22.1 Å². The number of aliphatic carboxylic acids is 1. The van der Waals surface area contributed by atoms with E-state index in [1.807, 2.05) is 13.8 Å². The second kappa shape index (κ2) is 9.36. The number of carboxylic acid groups (broad SMARTS) is 1. The Hall–Kier alpha value is -0.150. The van der Waals surface area contributed by atoms with Gasteiger partial charge in [0.15, 0.2) is 5.25 Å². The van der Waals surface area contributed by atoms with Crippen LogP contribution in [-0.4, -0.2) is 35.8 Å². The zero-order valence-corrected chi connectivity index (χ0v) is 16.7. The van der Waals surface area contributed by atoms with Crippen LogP contribution in [0.3, 0.4) is 0 Å². The summed E-state index contributed by atoms with van der Waals surface area (Å²) in [5, 5.41) is 8.49. The van der Waals surface area contributed by atoms with E-state index in [1.165, 1.54) is 0 Å². The van der Waals surface area contributed by atoms with Crippen LogP contribution in [0.5, 0.6) is 0 Å². The third kappa shape index (κ3) is 6.01. The van der Waals surface area contributed by atoms with Crippen molar-refractivity contribution < 1.29 is 62.0 Å². The molecule has 3 unspecified atom stereocenters. The van der Waals surface area contributed by atoms with Gasteiger partial charge in [-0.2, -0.15) is 8.42 Å². The van der Waals surface area contributed by atoms with Crippen molar-refractivity contribution in [1.82, 2.24) is 0 Å². The summed E-state index contributed by atoms with van der Waals surface area (Å²) >= 11 is 0. The predicted molar refractivity (Wildman–Crippen MR) is 76.3 cm³/mol. The van der Waals surface area contributed by atoms with E-state index in [0.717, 1.165) is 25.7 Å². The van der Waals surface area contributed by atoms with Gasteiger partial charge >= 0.3 is 35.5 Å². The van der Waals surface area contributed by atoms with Gasteiger partial charge in [0, 0.05) is 12.4 Å². The predicted octanol–water partition coefficient (Wildman–Crippen LogP) is -2.32. The van der Waals surface area contributed by atoms with E-state index in [0.29, 0.717) is 12.8 Å². The Morgan fingerprint density at radius 1 is 1.35 bits per heavy atom. The van der Waals surface area contributed by atoms with Gasteiger partial charge in [-0.15, -0.1) is 0 Å². The summed E-state index contributed by atoms with van der Waals surface area (Å²) in [5.41, 5.74) is -0.793. The SMILES string of the molecule is CCC1CCCCC1(CC)OC(=O)C(CC(=O)[O-])S(=O)(=O)O.[Na+]. The maximum absolute atomic E-state index is 12.2. The molecule has 0 saturated heterocycles. The maximum atomic E-state index is 12.2. The number of hydrogen-bond acceptors (Lipinski definition) is 6. The van der Waals surface area contributed by atoms with Gasteiger partial charge in [0.25, 0.3) is 10.1 Å². The fourth-order valence-corrected chi connectivity index (χ4v) is 3.90. The molecule has 1 saturated carbocycles. The molecule has 0 aliphatic heterocycles. The summed E-state index contributed by atoms with van der Waals surface area (Å²) in [4.78, 5) is 22.8. The van der Waals surface area contributed by atoms with Crippen LogP contribution in [0, 0.1) is 5.92 Å². The summed E-state index contributed by atoms with van der Waals surface area (Å²) in [6.45, 7) is 3.82. The van der Waals surface area contributed by atoms with E-state index in [2.05, 4.69) is 0 Å². The summed E-state index contributed by atoms with van der Waals surface area (Å²) in [6.07, 6.45) is 3.52. The fourth-order valence-electron chi connectivity index (χ4n) is 3.26. The van der Waals surface area contributed by atoms with Gasteiger partial charge in [0.2, 0.25) is 0 Å². The molecule has 7 nitrogen and oxygen atoms in total. The smallest absolute Gasteiger partial charge is 0.550 e. The van der Waals surface area contributed by atoms with Crippen molar-refractivity contribution in [3.8, 4) is 0 Å². The molecule has 1 rings (SSSR count). The molecule has 0 heterocycles. The molecule has 1 aliphatic carbocycles. The molecule has 128 valence electrons. The van der Waals surface area contributed by atoms with Gasteiger partial charge in [0.1, 0.15) is 5.60 Å². The molecule has 9 heteroatoms. The molecule has 1 aliphatic rings. The maximum Gasteiger partial charge on any atom is 1.00 e. The molecule has 0 aromatic carbocycles. The van der Waals surface area contributed by atoms with Crippen LogP contribution in [0.2, 0.25) is 0 Å². The molecule has 1 fully saturated rings. The molecular weight excluding hydrogens is 335 g/mol. The molecule has 0 spiro atoms. The van der Waals surface area contributed by atoms with Crippen LogP contribution < -0.4 is 34.7 Å². The molecular formula is C14H23NaO7S. The average molecular weight is 358 g/mol. The summed E-state index contributed by atoms with van der Waals surface area (Å²) in [7, 11) is -4.86. The number of hydrogen-bond donors (Lipinski definition) is 1. The Morgan fingerprint density at radius 2 is 1.96 bits per heavy atom. The molecule has 3 atom stereocenters. The number of carbonyl (C=O) groups is 2. The summed E-state index contributed by atoms with van der Waals surface area (Å²) < 4.78 is 37.1. The van der Waals surface area contributed by atoms with Crippen LogP contribution in [0.4, 0.5) is 0 Å². The quantitative estimate of drug-likeness (QED) is 0.308. The van der Waals surface area contributed by atoms with Gasteiger partial charge in [-0.1, -0.05) is 20.3 Å². The largest absolute Gasteiger partial charge is 1.00 e. The van der Waals surface area contributed by atoms with E-state index >= 15 is 0 Å². The average Bonchev–Trinajstić information content (AvgIpc) is 2.43. The van der Waals surface area contributed by atoms with Gasteiger partial charge in [-0.05, 0) is 38.0 Å². The third-order valence-corrected chi connectivity index (χ3v) is 5.59. The number of carbonyl (C=O) groups excluding carboxylic acids is 2. The van der Waals surface area contributed by atoms with Crippen molar-refractivity contribution in [3.63, 3.8) is 0 Å². The van der Waals surface area contributed by atoms with E-state index in [1.54, 1.807) is 0 Å². The molecule has 0 bridgehead atoms. The van der Waals surface area contributed by atoms with Crippen LogP contribution >= 0.6 is 0 Å². The third-order valence-electron chi connectivity index (χ3n) is 4.52. The minimum Gasteiger partial charge on any atom is -0.550 e. The Balaban J connectivity index is 0.00000484. The zero-order chi connectivity index (χ0) is 17.0. The van der Waals surface area contributed by atoms with Crippen molar-refractivity contribution in [2.75, 3.05) is 0 Å². The Bertz CT molecular complexity index is 519. The van der Waals surface area contributed by atoms with Crippen LogP contribution in [0.25, 0.3) is 0 Å². The van der Waals surface area contributed by atoms with Crippen molar-refractivity contribution in [2.24, 2.45) is 5.92 Å². The second-order valence-electron chi connectivity index (χ2n) is 5.77. The van der Waals surface area contributed by atoms with E-state index in [-0.39, 0.29) is 35.5 Å². The van der Waals surface area contributed by atoms with E-state index in [4.69, 9.17) is 9.29 Å². The molecule has 0 amide bonds. The summed E-state index contributed by atoms with van der Waals surface area (Å²) in [6, 6.07) is 0. The Morgan fingerprint density at radius 3 is 2.39 bits per heavy atom. The molecule has 1 N–H and O–H groups in total. The minimum absolute atomic E-state index is 0. The molecule has 0 radical (unpaired) electrons. The monoisotopic (exact) mass is 358 g/mol. The van der Waals surface area contributed by atoms with Crippen molar-refractivity contribution in [3.05, 3.63) is 0 Å². The minimum atomic E-state index is -4.86. The standard InChI is InChI=1S/C14H24O7S.Na/c1-3-10-7-5-6-8-14(10,4-2)21-13(17)11(9-12(15)16)22(18,19)20;/h10-11H,3-9H2,1-2H3,(H,15,16)(H,18,19,20);/q;+1/p-1. The first-order valence-electron chi connectivity index (χ1n) is 7.55. The first kappa shape index (κ1) is 22.9. The second-order valence-corrected chi connectivity index (χ2v) is 7.37. The normalized spacial score (nSPS) is 26.0. The van der Waals surface area contributed by atoms with Crippen LogP contribution in [-0.2, 0) is 24.4 Å². The number of carboxylic acids is 1.